The van der Waals surface area contributed by atoms with Crippen molar-refractivity contribution in [2.45, 2.75) is 24.9 Å². The summed E-state index contributed by atoms with van der Waals surface area (Å²) in [4.78, 5) is 31.6. The lowest BCUT2D eigenvalue weighted by molar-refractivity contribution is -0.111. The van der Waals surface area contributed by atoms with E-state index < -0.39 is 17.7 Å². The van der Waals surface area contributed by atoms with Crippen molar-refractivity contribution in [1.29, 1.82) is 0 Å². The zero-order valence-corrected chi connectivity index (χ0v) is 24.5. The Morgan fingerprint density at radius 1 is 1.07 bits per heavy atom. The zero-order valence-electron chi connectivity index (χ0n) is 24.5. The van der Waals surface area contributed by atoms with Gasteiger partial charge in [0.15, 0.2) is 5.82 Å². The molecule has 0 bridgehead atoms. The molecule has 0 aliphatic carbocycles. The van der Waals surface area contributed by atoms with Gasteiger partial charge >= 0.3 is 0 Å². The number of halogens is 2. The molecule has 1 amide bonds. The Morgan fingerprint density at radius 3 is 2.61 bits per heavy atom. The van der Waals surface area contributed by atoms with Gasteiger partial charge in [0.2, 0.25) is 5.91 Å². The molecule has 3 aliphatic heterocycles. The van der Waals surface area contributed by atoms with Crippen molar-refractivity contribution >= 4 is 34.6 Å². The molecule has 3 fully saturated rings. The predicted molar refractivity (Wildman–Crippen MR) is 162 cm³/mol. The minimum absolute atomic E-state index is 0.0734. The number of morpholine rings is 1. The molecule has 11 nitrogen and oxygen atoms in total. The molecule has 3 aliphatic rings. The summed E-state index contributed by atoms with van der Waals surface area (Å²) in [6.07, 6.45) is 3.95. The number of nitrogens with zero attached hydrogens (tertiary/aromatic N) is 5. The highest BCUT2D eigenvalue weighted by molar-refractivity contribution is 6.02. The maximum absolute atomic E-state index is 14.6. The van der Waals surface area contributed by atoms with Crippen molar-refractivity contribution in [2.75, 3.05) is 73.7 Å². The van der Waals surface area contributed by atoms with E-state index in [1.165, 1.54) is 35.7 Å². The predicted octanol–water partition coefficient (Wildman–Crippen LogP) is 4.43. The lowest BCUT2D eigenvalue weighted by Crippen LogP contribution is -2.44. The molecular formula is C31H35F2N7O4. The van der Waals surface area contributed by atoms with Crippen molar-refractivity contribution < 1.29 is 27.9 Å². The minimum Gasteiger partial charge on any atom is -0.494 e. The molecule has 0 spiro atoms. The van der Waals surface area contributed by atoms with Crippen LogP contribution in [0.3, 0.4) is 0 Å². The molecule has 2 unspecified atom stereocenters. The number of nitrogens with one attached hydrogen (secondary N) is 2. The number of carbonyl (C=O) groups excluding carboxylic acids is 1. The topological polar surface area (TPSA) is 104 Å². The van der Waals surface area contributed by atoms with Gasteiger partial charge in [0.25, 0.3) is 0 Å². The summed E-state index contributed by atoms with van der Waals surface area (Å²) < 4.78 is 40.5. The summed E-state index contributed by atoms with van der Waals surface area (Å²) in [6.45, 7) is 8.79. The number of anilines is 5. The number of hydrogen-bond donors (Lipinski definition) is 2. The Labute approximate surface area is 254 Å². The Hall–Kier alpha value is -4.33. The van der Waals surface area contributed by atoms with E-state index in [2.05, 4.69) is 37.0 Å². The van der Waals surface area contributed by atoms with Gasteiger partial charge in [-0.05, 0) is 30.7 Å². The van der Waals surface area contributed by atoms with E-state index >= 15 is 0 Å². The smallest absolute Gasteiger partial charge is 0.247 e. The van der Waals surface area contributed by atoms with Crippen molar-refractivity contribution in [2.24, 2.45) is 0 Å². The fourth-order valence-electron chi connectivity index (χ4n) is 6.04. The Balaban J connectivity index is 1.27. The Morgan fingerprint density at radius 2 is 1.86 bits per heavy atom. The summed E-state index contributed by atoms with van der Waals surface area (Å²) in [5.74, 6) is -0.380. The molecule has 1 aromatic heterocycles. The van der Waals surface area contributed by atoms with Crippen LogP contribution in [0.15, 0.2) is 55.4 Å². The number of amides is 1. The van der Waals surface area contributed by atoms with E-state index in [4.69, 9.17) is 14.3 Å². The monoisotopic (exact) mass is 607 g/mol. The quantitative estimate of drug-likeness (QED) is 0.340. The SMILES string of the molecule is C=CC(=O)Nc1cc(Nc2cc(N3OCCC3c3c(F)cccc3F)ncn2)c(OC)cc1N1CCC(N2CCOCC2)C1. The number of hydrogen-bond acceptors (Lipinski definition) is 10. The van der Waals surface area contributed by atoms with E-state index in [0.29, 0.717) is 41.2 Å². The van der Waals surface area contributed by atoms with Crippen LogP contribution in [0, 0.1) is 11.6 Å². The first-order chi connectivity index (χ1) is 21.4. The van der Waals surface area contributed by atoms with Crippen molar-refractivity contribution in [1.82, 2.24) is 14.9 Å². The largest absolute Gasteiger partial charge is 0.494 e. The van der Waals surface area contributed by atoms with Gasteiger partial charge in [0, 0.05) is 56.3 Å². The molecule has 3 aromatic rings. The molecule has 6 rings (SSSR count). The number of aromatic nitrogens is 2. The molecule has 0 saturated carbocycles. The summed E-state index contributed by atoms with van der Waals surface area (Å²) in [6, 6.07) is 8.79. The summed E-state index contributed by atoms with van der Waals surface area (Å²) >= 11 is 0. The number of benzene rings is 2. The molecule has 232 valence electrons. The first-order valence-corrected chi connectivity index (χ1v) is 14.6. The van der Waals surface area contributed by atoms with Crippen LogP contribution in [-0.2, 0) is 14.4 Å². The van der Waals surface area contributed by atoms with Gasteiger partial charge in [-0.15, -0.1) is 0 Å². The molecule has 2 atom stereocenters. The van der Waals surface area contributed by atoms with Gasteiger partial charge < -0.3 is 25.0 Å². The number of methoxy groups -OCH3 is 1. The third kappa shape index (κ3) is 6.16. The fraction of sp³-hybridized carbons (Fsp3) is 0.387. The van der Waals surface area contributed by atoms with Crippen LogP contribution in [0.2, 0.25) is 0 Å². The normalized spacial score (nSPS) is 20.5. The van der Waals surface area contributed by atoms with Gasteiger partial charge in [0.05, 0.1) is 50.0 Å². The van der Waals surface area contributed by atoms with Gasteiger partial charge in [-0.25, -0.2) is 23.8 Å². The molecular weight excluding hydrogens is 572 g/mol. The molecule has 44 heavy (non-hydrogen) atoms. The van der Waals surface area contributed by atoms with Gasteiger partial charge in [0.1, 0.15) is 29.5 Å². The van der Waals surface area contributed by atoms with Crippen molar-refractivity contribution in [3.05, 3.63) is 72.6 Å². The van der Waals surface area contributed by atoms with E-state index in [1.54, 1.807) is 19.2 Å². The average molecular weight is 608 g/mol. The first-order valence-electron chi connectivity index (χ1n) is 14.6. The summed E-state index contributed by atoms with van der Waals surface area (Å²) in [5, 5.41) is 7.60. The maximum Gasteiger partial charge on any atom is 0.247 e. The van der Waals surface area contributed by atoms with Crippen LogP contribution < -0.4 is 25.3 Å². The second-order valence-electron chi connectivity index (χ2n) is 10.8. The zero-order chi connectivity index (χ0) is 30.6. The number of hydroxylamine groups is 1. The molecule has 0 radical (unpaired) electrons. The average Bonchev–Trinajstić information content (AvgIpc) is 3.73. The first kappa shape index (κ1) is 29.7. The lowest BCUT2D eigenvalue weighted by atomic mass is 10.0. The van der Waals surface area contributed by atoms with E-state index in [9.17, 15) is 13.6 Å². The van der Waals surface area contributed by atoms with Crippen LogP contribution in [0.25, 0.3) is 0 Å². The highest BCUT2D eigenvalue weighted by atomic mass is 19.1. The lowest BCUT2D eigenvalue weighted by Gasteiger charge is -2.32. The molecule has 3 saturated heterocycles. The fourth-order valence-corrected chi connectivity index (χ4v) is 6.04. The highest BCUT2D eigenvalue weighted by Crippen LogP contribution is 2.41. The number of ether oxygens (including phenoxy) is 2. The standard InChI is InChI=1S/C31H35F2N7O4/c1-3-30(41)37-23-15-24(27(42-2)16-26(23)39-9-7-20(18-39)38-10-13-43-14-11-38)36-28-17-29(35-19-34-28)40-25(8-12-44-40)31-21(32)5-4-6-22(31)33/h3-6,15-17,19-20,25H,1,7-14,18H2,2H3,(H,37,41)(H,34,35,36). The molecule has 2 N–H and O–H groups in total. The Kier molecular flexibility index (Phi) is 8.87. The van der Waals surface area contributed by atoms with E-state index in [0.717, 1.165) is 51.5 Å². The van der Waals surface area contributed by atoms with Crippen LogP contribution >= 0.6 is 0 Å². The highest BCUT2D eigenvalue weighted by Gasteiger charge is 2.34. The van der Waals surface area contributed by atoms with Crippen molar-refractivity contribution in [3.8, 4) is 5.75 Å². The van der Waals surface area contributed by atoms with Crippen molar-refractivity contribution in [3.63, 3.8) is 0 Å². The van der Waals surface area contributed by atoms with Crippen LogP contribution in [0.1, 0.15) is 24.4 Å². The van der Waals surface area contributed by atoms with Gasteiger partial charge in [-0.3, -0.25) is 14.5 Å². The van der Waals surface area contributed by atoms with Crippen LogP contribution in [0.4, 0.5) is 37.5 Å². The number of carbonyl (C=O) groups is 1. The third-order valence-electron chi connectivity index (χ3n) is 8.21. The second-order valence-corrected chi connectivity index (χ2v) is 10.8. The molecule has 2 aromatic carbocycles. The number of rotatable bonds is 9. The Bertz CT molecular complexity index is 1500. The summed E-state index contributed by atoms with van der Waals surface area (Å²) in [5.41, 5.74) is 1.90. The van der Waals surface area contributed by atoms with Gasteiger partial charge in [-0.2, -0.15) is 0 Å². The van der Waals surface area contributed by atoms with Crippen LogP contribution in [-0.4, -0.2) is 79.9 Å². The van der Waals surface area contributed by atoms with Crippen LogP contribution in [0.5, 0.6) is 5.75 Å². The van der Waals surface area contributed by atoms with Gasteiger partial charge in [-0.1, -0.05) is 12.6 Å². The summed E-state index contributed by atoms with van der Waals surface area (Å²) in [7, 11) is 1.57. The maximum atomic E-state index is 14.6. The molecule has 4 heterocycles. The van der Waals surface area contributed by atoms with E-state index in [1.807, 2.05) is 6.07 Å². The third-order valence-corrected chi connectivity index (χ3v) is 8.21. The van der Waals surface area contributed by atoms with E-state index in [-0.39, 0.29) is 18.1 Å². The second kappa shape index (κ2) is 13.1. The minimum atomic E-state index is -0.699. The molecule has 13 heteroatoms.